The molecule has 1 atom stereocenters. The standard InChI is InChI=1S/C14H26N2O2.ClH/c1-11(2)9-12-3-6-16(10-12)13(17)14(15)4-7-18-8-5-14;/h11-12H,3-10,15H2,1-2H3;1H. The molecule has 2 heterocycles. The summed E-state index contributed by atoms with van der Waals surface area (Å²) >= 11 is 0. The molecule has 0 radical (unpaired) electrons. The van der Waals surface area contributed by atoms with Crippen molar-refractivity contribution < 1.29 is 9.53 Å². The van der Waals surface area contributed by atoms with E-state index in [-0.39, 0.29) is 18.3 Å². The van der Waals surface area contributed by atoms with Crippen LogP contribution >= 0.6 is 12.4 Å². The first-order valence-electron chi connectivity index (χ1n) is 7.17. The van der Waals surface area contributed by atoms with Gasteiger partial charge < -0.3 is 15.4 Å². The second-order valence-electron chi connectivity index (χ2n) is 6.30. The minimum absolute atomic E-state index is 0. The van der Waals surface area contributed by atoms with Crippen molar-refractivity contribution in [2.24, 2.45) is 17.6 Å². The van der Waals surface area contributed by atoms with Gasteiger partial charge in [-0.15, -0.1) is 12.4 Å². The second-order valence-corrected chi connectivity index (χ2v) is 6.30. The zero-order valence-corrected chi connectivity index (χ0v) is 12.9. The number of rotatable bonds is 3. The lowest BCUT2D eigenvalue weighted by Gasteiger charge is -2.35. The van der Waals surface area contributed by atoms with Crippen LogP contribution in [0.4, 0.5) is 0 Å². The zero-order valence-electron chi connectivity index (χ0n) is 12.1. The van der Waals surface area contributed by atoms with E-state index in [0.717, 1.165) is 19.5 Å². The molecule has 4 nitrogen and oxygen atoms in total. The van der Waals surface area contributed by atoms with E-state index in [2.05, 4.69) is 13.8 Å². The fourth-order valence-corrected chi connectivity index (χ4v) is 3.14. The van der Waals surface area contributed by atoms with Crippen LogP contribution in [0.5, 0.6) is 0 Å². The molecule has 5 heteroatoms. The highest BCUT2D eigenvalue weighted by atomic mass is 35.5. The lowest BCUT2D eigenvalue weighted by atomic mass is 9.89. The van der Waals surface area contributed by atoms with E-state index in [0.29, 0.717) is 37.9 Å². The van der Waals surface area contributed by atoms with Crippen LogP contribution in [0.2, 0.25) is 0 Å². The molecule has 2 fully saturated rings. The van der Waals surface area contributed by atoms with E-state index in [4.69, 9.17) is 10.5 Å². The number of likely N-dealkylation sites (tertiary alicyclic amines) is 1. The van der Waals surface area contributed by atoms with Gasteiger partial charge >= 0.3 is 0 Å². The van der Waals surface area contributed by atoms with Crippen molar-refractivity contribution in [1.29, 1.82) is 0 Å². The fraction of sp³-hybridized carbons (Fsp3) is 0.929. The Labute approximate surface area is 122 Å². The first kappa shape index (κ1) is 16.7. The van der Waals surface area contributed by atoms with Crippen molar-refractivity contribution in [2.45, 2.75) is 45.1 Å². The summed E-state index contributed by atoms with van der Waals surface area (Å²) in [4.78, 5) is 14.5. The Hall–Kier alpha value is -0.320. The molecule has 0 spiro atoms. The van der Waals surface area contributed by atoms with Crippen LogP contribution in [0.3, 0.4) is 0 Å². The van der Waals surface area contributed by atoms with E-state index >= 15 is 0 Å². The quantitative estimate of drug-likeness (QED) is 0.862. The molecule has 2 saturated heterocycles. The molecule has 2 rings (SSSR count). The number of hydrogen-bond acceptors (Lipinski definition) is 3. The maximum Gasteiger partial charge on any atom is 0.242 e. The minimum atomic E-state index is -0.662. The van der Waals surface area contributed by atoms with Gasteiger partial charge in [-0.1, -0.05) is 13.8 Å². The Morgan fingerprint density at radius 2 is 2.05 bits per heavy atom. The van der Waals surface area contributed by atoms with E-state index in [1.54, 1.807) is 0 Å². The lowest BCUT2D eigenvalue weighted by Crippen LogP contribution is -2.57. The average molecular weight is 291 g/mol. The predicted molar refractivity (Wildman–Crippen MR) is 78.4 cm³/mol. The van der Waals surface area contributed by atoms with Crippen LogP contribution in [0.15, 0.2) is 0 Å². The Kier molecular flexibility index (Phi) is 6.09. The van der Waals surface area contributed by atoms with E-state index in [1.165, 1.54) is 6.42 Å². The number of hydrogen-bond donors (Lipinski definition) is 1. The second kappa shape index (κ2) is 6.91. The molecule has 0 bridgehead atoms. The molecule has 0 aliphatic carbocycles. The van der Waals surface area contributed by atoms with Crippen molar-refractivity contribution >= 4 is 18.3 Å². The van der Waals surface area contributed by atoms with Crippen molar-refractivity contribution in [3.63, 3.8) is 0 Å². The number of nitrogens with zero attached hydrogens (tertiary/aromatic N) is 1. The molecular formula is C14H27ClN2O2. The van der Waals surface area contributed by atoms with Crippen LogP contribution in [-0.4, -0.2) is 42.6 Å². The summed E-state index contributed by atoms with van der Waals surface area (Å²) < 4.78 is 5.30. The highest BCUT2D eigenvalue weighted by Gasteiger charge is 2.40. The predicted octanol–water partition coefficient (Wildman–Crippen LogP) is 1.81. The van der Waals surface area contributed by atoms with Crippen LogP contribution in [0, 0.1) is 11.8 Å². The Morgan fingerprint density at radius 1 is 1.42 bits per heavy atom. The molecule has 1 unspecified atom stereocenters. The van der Waals surface area contributed by atoms with Crippen LogP contribution < -0.4 is 5.73 Å². The van der Waals surface area contributed by atoms with Gasteiger partial charge in [0.15, 0.2) is 0 Å². The highest BCUT2D eigenvalue weighted by Crippen LogP contribution is 2.27. The van der Waals surface area contributed by atoms with Gasteiger partial charge in [-0.2, -0.15) is 0 Å². The van der Waals surface area contributed by atoms with Crippen molar-refractivity contribution in [3.05, 3.63) is 0 Å². The largest absolute Gasteiger partial charge is 0.381 e. The van der Waals surface area contributed by atoms with Gasteiger partial charge in [-0.05, 0) is 37.5 Å². The van der Waals surface area contributed by atoms with Crippen LogP contribution in [0.1, 0.15) is 39.5 Å². The van der Waals surface area contributed by atoms with Gasteiger partial charge in [-0.3, -0.25) is 4.79 Å². The third kappa shape index (κ3) is 4.07. The van der Waals surface area contributed by atoms with Gasteiger partial charge in [0, 0.05) is 26.3 Å². The first-order valence-corrected chi connectivity index (χ1v) is 7.17. The van der Waals surface area contributed by atoms with Gasteiger partial charge in [-0.25, -0.2) is 0 Å². The summed E-state index contributed by atoms with van der Waals surface area (Å²) in [7, 11) is 0. The molecule has 2 N–H and O–H groups in total. The van der Waals surface area contributed by atoms with Crippen molar-refractivity contribution in [3.8, 4) is 0 Å². The summed E-state index contributed by atoms with van der Waals surface area (Å²) in [5.41, 5.74) is 5.60. The number of carbonyl (C=O) groups is 1. The van der Waals surface area contributed by atoms with Gasteiger partial charge in [0.2, 0.25) is 5.91 Å². The lowest BCUT2D eigenvalue weighted by molar-refractivity contribution is -0.139. The van der Waals surface area contributed by atoms with Gasteiger partial charge in [0.05, 0.1) is 5.54 Å². The smallest absolute Gasteiger partial charge is 0.242 e. The normalized spacial score (nSPS) is 26.3. The summed E-state index contributed by atoms with van der Waals surface area (Å²) in [5, 5.41) is 0. The van der Waals surface area contributed by atoms with Gasteiger partial charge in [0.1, 0.15) is 0 Å². The molecule has 19 heavy (non-hydrogen) atoms. The van der Waals surface area contributed by atoms with Crippen LogP contribution in [0.25, 0.3) is 0 Å². The summed E-state index contributed by atoms with van der Waals surface area (Å²) in [6.45, 7) is 7.50. The highest BCUT2D eigenvalue weighted by molar-refractivity contribution is 5.86. The van der Waals surface area contributed by atoms with E-state index in [1.807, 2.05) is 4.90 Å². The number of amides is 1. The fourth-order valence-electron chi connectivity index (χ4n) is 3.14. The monoisotopic (exact) mass is 290 g/mol. The SMILES string of the molecule is CC(C)CC1CCN(C(=O)C2(N)CCOCC2)C1.Cl. The number of carbonyl (C=O) groups excluding carboxylic acids is 1. The summed E-state index contributed by atoms with van der Waals surface area (Å²) in [6, 6.07) is 0. The molecule has 2 aliphatic heterocycles. The summed E-state index contributed by atoms with van der Waals surface area (Å²) in [5.74, 6) is 1.52. The van der Waals surface area contributed by atoms with E-state index in [9.17, 15) is 4.79 Å². The maximum atomic E-state index is 12.5. The summed E-state index contributed by atoms with van der Waals surface area (Å²) in [6.07, 6.45) is 3.68. The Morgan fingerprint density at radius 3 is 2.63 bits per heavy atom. The van der Waals surface area contributed by atoms with Crippen molar-refractivity contribution in [2.75, 3.05) is 26.3 Å². The molecule has 0 aromatic rings. The third-order valence-electron chi connectivity index (χ3n) is 4.19. The van der Waals surface area contributed by atoms with E-state index < -0.39 is 5.54 Å². The van der Waals surface area contributed by atoms with Crippen molar-refractivity contribution in [1.82, 2.24) is 4.90 Å². The molecule has 112 valence electrons. The minimum Gasteiger partial charge on any atom is -0.381 e. The maximum absolute atomic E-state index is 12.5. The van der Waals surface area contributed by atoms with Gasteiger partial charge in [0.25, 0.3) is 0 Å². The zero-order chi connectivity index (χ0) is 13.2. The molecular weight excluding hydrogens is 264 g/mol. The topological polar surface area (TPSA) is 55.6 Å². The van der Waals surface area contributed by atoms with Crippen LogP contribution in [-0.2, 0) is 9.53 Å². The number of halogens is 1. The molecule has 1 amide bonds. The molecule has 0 saturated carbocycles. The Balaban J connectivity index is 0.00000180. The average Bonchev–Trinajstić information content (AvgIpc) is 2.76. The number of ether oxygens (including phenoxy) is 1. The number of nitrogens with two attached hydrogens (primary N) is 1. The first-order chi connectivity index (χ1) is 8.51. The Bertz CT molecular complexity index is 304. The third-order valence-corrected chi connectivity index (χ3v) is 4.19. The molecule has 0 aromatic carbocycles. The molecule has 0 aromatic heterocycles. The molecule has 2 aliphatic rings.